The predicted molar refractivity (Wildman–Crippen MR) is 121 cm³/mol. The lowest BCUT2D eigenvalue weighted by molar-refractivity contribution is 0.0200. The molecule has 0 radical (unpaired) electrons. The maximum atomic E-state index is 12.2. The summed E-state index contributed by atoms with van der Waals surface area (Å²) in [5.74, 6) is 0.737. The van der Waals surface area contributed by atoms with Crippen LogP contribution in [0.25, 0.3) is 0 Å². The van der Waals surface area contributed by atoms with Crippen molar-refractivity contribution >= 4 is 40.0 Å². The number of hydrogen-bond donors (Lipinski definition) is 3. The molecule has 0 aromatic heterocycles. The Morgan fingerprint density at radius 3 is 2.52 bits per heavy atom. The molecule has 0 bridgehead atoms. The summed E-state index contributed by atoms with van der Waals surface area (Å²) in [7, 11) is -3.31. The molecule has 160 valence electrons. The molecule has 1 unspecified atom stereocenters. The van der Waals surface area contributed by atoms with E-state index in [9.17, 15) is 8.42 Å². The van der Waals surface area contributed by atoms with Crippen molar-refractivity contribution < 1.29 is 13.2 Å². The fourth-order valence-corrected chi connectivity index (χ4v) is 4.41. The Balaban J connectivity index is 0.00000364. The minimum atomic E-state index is -3.31. The second-order valence-corrected chi connectivity index (χ2v) is 9.41. The van der Waals surface area contributed by atoms with Gasteiger partial charge in [-0.05, 0) is 50.9 Å². The van der Waals surface area contributed by atoms with Crippen molar-refractivity contribution in [3.05, 3.63) is 0 Å². The van der Waals surface area contributed by atoms with Crippen molar-refractivity contribution in [1.29, 1.82) is 0 Å². The highest BCUT2D eigenvalue weighted by molar-refractivity contribution is 14.0. The molecule has 0 amide bonds. The molecular formula is C18H37IN4O3S. The third-order valence-corrected chi connectivity index (χ3v) is 6.90. The van der Waals surface area contributed by atoms with E-state index < -0.39 is 10.0 Å². The number of rotatable bonds is 10. The minimum absolute atomic E-state index is 0. The summed E-state index contributed by atoms with van der Waals surface area (Å²) >= 11 is 0. The molecule has 2 rings (SSSR count). The molecule has 1 aliphatic carbocycles. The average molecular weight is 516 g/mol. The van der Waals surface area contributed by atoms with Crippen LogP contribution in [0.3, 0.4) is 0 Å². The van der Waals surface area contributed by atoms with Gasteiger partial charge in [0.25, 0.3) is 0 Å². The van der Waals surface area contributed by atoms with Crippen LogP contribution in [0.15, 0.2) is 4.99 Å². The number of aliphatic imine (C=N–C) groups is 1. The zero-order valence-corrected chi connectivity index (χ0v) is 19.9. The SMILES string of the molecule is CCNC(=NCC1(CC)CCC1)NCCS(=O)(=O)NCC1CCCCO1.I. The molecule has 3 N–H and O–H groups in total. The summed E-state index contributed by atoms with van der Waals surface area (Å²) in [5, 5.41) is 6.35. The van der Waals surface area contributed by atoms with Crippen LogP contribution in [0.2, 0.25) is 0 Å². The third-order valence-electron chi connectivity index (χ3n) is 5.55. The first-order valence-electron chi connectivity index (χ1n) is 10.1. The molecule has 1 saturated heterocycles. The van der Waals surface area contributed by atoms with Gasteiger partial charge in [-0.25, -0.2) is 13.1 Å². The lowest BCUT2D eigenvalue weighted by Crippen LogP contribution is -2.43. The summed E-state index contributed by atoms with van der Waals surface area (Å²) in [6, 6.07) is 0. The van der Waals surface area contributed by atoms with E-state index in [1.54, 1.807) is 0 Å². The molecule has 0 spiro atoms. The first-order chi connectivity index (χ1) is 12.5. The van der Waals surface area contributed by atoms with Gasteiger partial charge in [0.05, 0.1) is 11.9 Å². The zero-order valence-electron chi connectivity index (χ0n) is 16.8. The number of guanidine groups is 1. The van der Waals surface area contributed by atoms with Gasteiger partial charge in [-0.3, -0.25) is 4.99 Å². The highest BCUT2D eigenvalue weighted by Gasteiger charge is 2.34. The van der Waals surface area contributed by atoms with Crippen LogP contribution in [0.4, 0.5) is 0 Å². The van der Waals surface area contributed by atoms with Crippen LogP contribution in [0.5, 0.6) is 0 Å². The monoisotopic (exact) mass is 516 g/mol. The summed E-state index contributed by atoms with van der Waals surface area (Å²) < 4.78 is 32.6. The molecule has 2 aliphatic rings. The molecular weight excluding hydrogens is 479 g/mol. The van der Waals surface area contributed by atoms with Crippen molar-refractivity contribution in [3.8, 4) is 0 Å². The predicted octanol–water partition coefficient (Wildman–Crippen LogP) is 2.23. The van der Waals surface area contributed by atoms with E-state index in [0.29, 0.717) is 24.5 Å². The van der Waals surface area contributed by atoms with Crippen LogP contribution in [-0.4, -0.2) is 59.0 Å². The Kier molecular flexibility index (Phi) is 11.5. The van der Waals surface area contributed by atoms with Crippen molar-refractivity contribution in [3.63, 3.8) is 0 Å². The average Bonchev–Trinajstić information content (AvgIpc) is 2.60. The first kappa shape index (κ1) is 24.9. The smallest absolute Gasteiger partial charge is 0.213 e. The second kappa shape index (κ2) is 12.4. The maximum Gasteiger partial charge on any atom is 0.213 e. The van der Waals surface area contributed by atoms with Crippen LogP contribution in [0.1, 0.15) is 58.8 Å². The number of ether oxygens (including phenoxy) is 1. The van der Waals surface area contributed by atoms with Gasteiger partial charge in [0.2, 0.25) is 10.0 Å². The van der Waals surface area contributed by atoms with E-state index in [4.69, 9.17) is 4.74 Å². The fraction of sp³-hybridized carbons (Fsp3) is 0.944. The summed E-state index contributed by atoms with van der Waals surface area (Å²) in [4.78, 5) is 4.68. The fourth-order valence-electron chi connectivity index (χ4n) is 3.45. The Morgan fingerprint density at radius 1 is 1.19 bits per heavy atom. The van der Waals surface area contributed by atoms with E-state index in [0.717, 1.165) is 45.4 Å². The van der Waals surface area contributed by atoms with Gasteiger partial charge in [-0.1, -0.05) is 13.3 Å². The standard InChI is InChI=1S/C18H36N4O3S.HI/c1-3-18(9-7-10-18)15-21-17(19-4-2)20-11-13-26(23,24)22-14-16-8-5-6-12-25-16;/h16,22H,3-15H2,1-2H3,(H2,19,20,21);1H. The topological polar surface area (TPSA) is 91.8 Å². The summed E-state index contributed by atoms with van der Waals surface area (Å²) in [6.07, 6.45) is 8.05. The summed E-state index contributed by atoms with van der Waals surface area (Å²) in [5.41, 5.74) is 0.357. The van der Waals surface area contributed by atoms with Gasteiger partial charge in [-0.2, -0.15) is 0 Å². The molecule has 1 heterocycles. The largest absolute Gasteiger partial charge is 0.377 e. The van der Waals surface area contributed by atoms with Crippen LogP contribution < -0.4 is 15.4 Å². The molecule has 9 heteroatoms. The lowest BCUT2D eigenvalue weighted by Gasteiger charge is -2.40. The minimum Gasteiger partial charge on any atom is -0.377 e. The maximum absolute atomic E-state index is 12.2. The van der Waals surface area contributed by atoms with Crippen molar-refractivity contribution in [2.45, 2.75) is 64.9 Å². The van der Waals surface area contributed by atoms with Crippen molar-refractivity contribution in [2.75, 3.05) is 38.5 Å². The third kappa shape index (κ3) is 8.82. The number of hydrogen-bond acceptors (Lipinski definition) is 4. The molecule has 0 aromatic rings. The second-order valence-electron chi connectivity index (χ2n) is 7.48. The first-order valence-corrected chi connectivity index (χ1v) is 11.7. The Labute approximate surface area is 181 Å². The van der Waals surface area contributed by atoms with Crippen LogP contribution >= 0.6 is 24.0 Å². The zero-order chi connectivity index (χ0) is 18.9. The van der Waals surface area contributed by atoms with Crippen molar-refractivity contribution in [2.24, 2.45) is 10.4 Å². The molecule has 2 fully saturated rings. The molecule has 27 heavy (non-hydrogen) atoms. The van der Waals surface area contributed by atoms with E-state index in [-0.39, 0.29) is 35.8 Å². The highest BCUT2D eigenvalue weighted by Crippen LogP contribution is 2.43. The van der Waals surface area contributed by atoms with Crippen LogP contribution in [0, 0.1) is 5.41 Å². The van der Waals surface area contributed by atoms with E-state index in [2.05, 4.69) is 27.3 Å². The molecule has 1 aliphatic heterocycles. The van der Waals surface area contributed by atoms with E-state index in [1.165, 1.54) is 19.3 Å². The van der Waals surface area contributed by atoms with Gasteiger partial charge < -0.3 is 15.4 Å². The summed E-state index contributed by atoms with van der Waals surface area (Å²) in [6.45, 7) is 7.25. The highest BCUT2D eigenvalue weighted by atomic mass is 127. The van der Waals surface area contributed by atoms with Gasteiger partial charge in [-0.15, -0.1) is 24.0 Å². The number of nitrogens with zero attached hydrogens (tertiary/aromatic N) is 1. The van der Waals surface area contributed by atoms with Crippen LogP contribution in [-0.2, 0) is 14.8 Å². The quantitative estimate of drug-likeness (QED) is 0.235. The van der Waals surface area contributed by atoms with E-state index >= 15 is 0 Å². The number of nitrogens with one attached hydrogen (secondary N) is 3. The van der Waals surface area contributed by atoms with Gasteiger partial charge >= 0.3 is 0 Å². The molecule has 0 aromatic carbocycles. The van der Waals surface area contributed by atoms with E-state index in [1.807, 2.05) is 6.92 Å². The van der Waals surface area contributed by atoms with Crippen molar-refractivity contribution in [1.82, 2.24) is 15.4 Å². The Bertz CT molecular complexity index is 541. The van der Waals surface area contributed by atoms with Gasteiger partial charge in [0.1, 0.15) is 0 Å². The Morgan fingerprint density at radius 2 is 1.96 bits per heavy atom. The molecule has 1 atom stereocenters. The Hall–Kier alpha value is -0.130. The number of sulfonamides is 1. The number of halogens is 1. The molecule has 1 saturated carbocycles. The van der Waals surface area contributed by atoms with Gasteiger partial charge in [0.15, 0.2) is 5.96 Å². The normalized spacial score (nSPS) is 22.4. The lowest BCUT2D eigenvalue weighted by atomic mass is 9.67. The molecule has 7 nitrogen and oxygen atoms in total. The van der Waals surface area contributed by atoms with Gasteiger partial charge in [0, 0.05) is 32.8 Å².